The van der Waals surface area contributed by atoms with Gasteiger partial charge in [0.2, 0.25) is 0 Å². The Morgan fingerprint density at radius 1 is 0.909 bits per heavy atom. The van der Waals surface area contributed by atoms with Crippen molar-refractivity contribution in [1.29, 1.82) is 0 Å². The molecule has 4 fully saturated rings. The minimum absolute atomic E-state index is 0.0602. The molecule has 0 aromatic carbocycles. The monoisotopic (exact) mass is 323 g/mol. The lowest BCUT2D eigenvalue weighted by Gasteiger charge is -2.60. The van der Waals surface area contributed by atoms with Crippen molar-refractivity contribution in [2.75, 3.05) is 0 Å². The lowest BCUT2D eigenvalue weighted by Crippen LogP contribution is -2.54. The van der Waals surface area contributed by atoms with Gasteiger partial charge in [-0.15, -0.1) is 4.91 Å². The van der Waals surface area contributed by atoms with Crippen LogP contribution in [0.5, 0.6) is 0 Å². The summed E-state index contributed by atoms with van der Waals surface area (Å²) in [5, 5.41) is 3.43. The Labute approximate surface area is 139 Å². The molecule has 0 aromatic rings. The Balaban J connectivity index is 1.66. The highest BCUT2D eigenvalue weighted by Crippen LogP contribution is 2.69. The van der Waals surface area contributed by atoms with E-state index in [9.17, 15) is 4.91 Å². The first-order valence-corrected chi connectivity index (χ1v) is 9.86. The third-order valence-corrected chi connectivity index (χ3v) is 9.47. The molecule has 0 N–H and O–H groups in total. The molecule has 0 saturated heterocycles. The summed E-state index contributed by atoms with van der Waals surface area (Å²) in [5.41, 5.74) is 0.504. The van der Waals surface area contributed by atoms with Crippen LogP contribution in [0, 0.1) is 39.4 Å². The Morgan fingerprint density at radius 3 is 2.45 bits per heavy atom. The second kappa shape index (κ2) is 4.94. The van der Waals surface area contributed by atoms with Crippen LogP contribution in [0.4, 0.5) is 0 Å². The predicted octanol–water partition coefficient (Wildman–Crippen LogP) is 6.12. The van der Waals surface area contributed by atoms with Crippen LogP contribution in [0.3, 0.4) is 0 Å². The highest BCUT2D eigenvalue weighted by atomic mass is 35.5. The van der Waals surface area contributed by atoms with Crippen LogP contribution in [0.1, 0.15) is 78.1 Å². The van der Waals surface area contributed by atoms with Gasteiger partial charge in [-0.2, -0.15) is 0 Å². The molecule has 0 aliphatic heterocycles. The zero-order valence-electron chi connectivity index (χ0n) is 14.1. The number of alkyl halides is 1. The van der Waals surface area contributed by atoms with Crippen LogP contribution < -0.4 is 0 Å². The van der Waals surface area contributed by atoms with E-state index < -0.39 is 5.00 Å². The molecular weight excluding hydrogens is 294 g/mol. The normalized spacial score (nSPS) is 57.6. The first-order chi connectivity index (χ1) is 10.4. The maximum absolute atomic E-state index is 11.5. The van der Waals surface area contributed by atoms with Crippen LogP contribution in [0.15, 0.2) is 5.18 Å². The quantitative estimate of drug-likeness (QED) is 0.324. The third-order valence-electron chi connectivity index (χ3n) is 8.78. The predicted molar refractivity (Wildman–Crippen MR) is 90.7 cm³/mol. The van der Waals surface area contributed by atoms with E-state index in [0.29, 0.717) is 11.3 Å². The van der Waals surface area contributed by atoms with Crippen molar-refractivity contribution in [3.63, 3.8) is 0 Å². The van der Waals surface area contributed by atoms with E-state index in [1.165, 1.54) is 44.9 Å². The standard InChI is InChI=1S/C19H30ClNO/c1-17-10-4-3-5-13(17)6-7-14-15(17)8-11-18(2)16(14)9-12-19(18,20)21-22/h13-16H,3-12H2,1-2H3/t13-,14?,15?,16?,17?,18?,19+/m1/s1. The fourth-order valence-corrected chi connectivity index (χ4v) is 7.75. The molecule has 0 amide bonds. The summed E-state index contributed by atoms with van der Waals surface area (Å²) in [4.78, 5) is 10.6. The van der Waals surface area contributed by atoms with Crippen LogP contribution in [0.2, 0.25) is 0 Å². The average Bonchev–Trinajstić information content (AvgIpc) is 2.79. The molecule has 22 heavy (non-hydrogen) atoms. The first-order valence-electron chi connectivity index (χ1n) is 9.48. The van der Waals surface area contributed by atoms with Gasteiger partial charge in [0.05, 0.1) is 0 Å². The zero-order chi connectivity index (χ0) is 15.6. The Hall–Kier alpha value is -0.110. The number of hydrogen-bond donors (Lipinski definition) is 0. The number of fused-ring (bicyclic) bond motifs is 5. The van der Waals surface area contributed by atoms with E-state index in [0.717, 1.165) is 37.0 Å². The van der Waals surface area contributed by atoms with Crippen molar-refractivity contribution < 1.29 is 0 Å². The molecule has 124 valence electrons. The van der Waals surface area contributed by atoms with Crippen LogP contribution in [0.25, 0.3) is 0 Å². The van der Waals surface area contributed by atoms with E-state index in [2.05, 4.69) is 19.0 Å². The lowest BCUT2D eigenvalue weighted by molar-refractivity contribution is -0.107. The molecule has 7 atom stereocenters. The van der Waals surface area contributed by atoms with E-state index in [4.69, 9.17) is 11.6 Å². The smallest absolute Gasteiger partial charge is 0.149 e. The van der Waals surface area contributed by atoms with Crippen molar-refractivity contribution in [3.05, 3.63) is 4.91 Å². The first kappa shape index (κ1) is 15.4. The SMILES string of the molecule is CC12CCCC[C@@H]1CCC1C2CCC2(C)C1CC[C@]2(Cl)N=O. The Kier molecular flexibility index (Phi) is 3.46. The summed E-state index contributed by atoms with van der Waals surface area (Å²) in [5.74, 6) is 3.25. The summed E-state index contributed by atoms with van der Waals surface area (Å²) >= 11 is 6.69. The number of rotatable bonds is 1. The molecule has 0 aromatic heterocycles. The van der Waals surface area contributed by atoms with E-state index >= 15 is 0 Å². The molecule has 0 heterocycles. The Bertz CT molecular complexity index is 482. The van der Waals surface area contributed by atoms with Gasteiger partial charge in [-0.1, -0.05) is 38.3 Å². The minimum atomic E-state index is -0.826. The molecule has 3 heteroatoms. The molecule has 5 unspecified atom stereocenters. The molecule has 4 rings (SSSR count). The fraction of sp³-hybridized carbons (Fsp3) is 1.00. The summed E-state index contributed by atoms with van der Waals surface area (Å²) in [6.45, 7) is 4.86. The van der Waals surface area contributed by atoms with Crippen molar-refractivity contribution in [2.24, 2.45) is 39.7 Å². The van der Waals surface area contributed by atoms with Gasteiger partial charge in [0.15, 0.2) is 5.00 Å². The van der Waals surface area contributed by atoms with Crippen LogP contribution in [-0.4, -0.2) is 5.00 Å². The van der Waals surface area contributed by atoms with E-state index in [-0.39, 0.29) is 5.41 Å². The summed E-state index contributed by atoms with van der Waals surface area (Å²) in [7, 11) is 0. The second-order valence-electron chi connectivity index (χ2n) is 9.25. The van der Waals surface area contributed by atoms with Gasteiger partial charge in [0, 0.05) is 5.41 Å². The third kappa shape index (κ3) is 1.79. The van der Waals surface area contributed by atoms with Gasteiger partial charge in [-0.3, -0.25) is 0 Å². The molecule has 0 spiro atoms. The Morgan fingerprint density at radius 2 is 1.68 bits per heavy atom. The van der Waals surface area contributed by atoms with Crippen molar-refractivity contribution in [2.45, 2.75) is 83.1 Å². The number of hydrogen-bond acceptors (Lipinski definition) is 2. The number of nitrogens with zero attached hydrogens (tertiary/aromatic N) is 1. The van der Waals surface area contributed by atoms with Gasteiger partial charge in [0.1, 0.15) is 0 Å². The number of halogens is 1. The number of nitroso groups, excluding NO2 is 1. The molecule has 0 bridgehead atoms. The molecule has 2 nitrogen and oxygen atoms in total. The van der Waals surface area contributed by atoms with Crippen molar-refractivity contribution in [3.8, 4) is 0 Å². The largest absolute Gasteiger partial charge is 0.181 e. The molecule has 0 radical (unpaired) electrons. The van der Waals surface area contributed by atoms with E-state index in [1.54, 1.807) is 0 Å². The zero-order valence-corrected chi connectivity index (χ0v) is 14.9. The van der Waals surface area contributed by atoms with Crippen LogP contribution >= 0.6 is 11.6 Å². The molecule has 4 aliphatic carbocycles. The van der Waals surface area contributed by atoms with Crippen molar-refractivity contribution in [1.82, 2.24) is 0 Å². The van der Waals surface area contributed by atoms with Gasteiger partial charge >= 0.3 is 0 Å². The van der Waals surface area contributed by atoms with Gasteiger partial charge in [-0.05, 0) is 85.6 Å². The van der Waals surface area contributed by atoms with Gasteiger partial charge in [-0.25, -0.2) is 0 Å². The average molecular weight is 324 g/mol. The topological polar surface area (TPSA) is 29.4 Å². The minimum Gasteiger partial charge on any atom is -0.149 e. The van der Waals surface area contributed by atoms with Crippen LogP contribution in [-0.2, 0) is 0 Å². The van der Waals surface area contributed by atoms with Gasteiger partial charge < -0.3 is 0 Å². The second-order valence-corrected chi connectivity index (χ2v) is 9.87. The highest BCUT2D eigenvalue weighted by molar-refractivity contribution is 6.24. The molecular formula is C19H30ClNO. The highest BCUT2D eigenvalue weighted by Gasteiger charge is 2.65. The summed E-state index contributed by atoms with van der Waals surface area (Å²) < 4.78 is 0. The maximum Gasteiger partial charge on any atom is 0.181 e. The van der Waals surface area contributed by atoms with E-state index in [1.807, 2.05) is 0 Å². The molecule has 4 aliphatic rings. The molecule has 4 saturated carbocycles. The maximum atomic E-state index is 11.5. The fourth-order valence-electron chi connectivity index (χ4n) is 7.41. The summed E-state index contributed by atoms with van der Waals surface area (Å²) in [6.07, 6.45) is 12.8. The van der Waals surface area contributed by atoms with Crippen molar-refractivity contribution >= 4 is 11.6 Å². The summed E-state index contributed by atoms with van der Waals surface area (Å²) in [6, 6.07) is 0. The lowest BCUT2D eigenvalue weighted by atomic mass is 9.45. The van der Waals surface area contributed by atoms with Gasteiger partial charge in [0.25, 0.3) is 0 Å².